The van der Waals surface area contributed by atoms with E-state index in [1.165, 1.54) is 6.20 Å². The van der Waals surface area contributed by atoms with Crippen LogP contribution in [0.1, 0.15) is 0 Å². The summed E-state index contributed by atoms with van der Waals surface area (Å²) in [5, 5.41) is 10.9. The Balaban J connectivity index is 2.93. The minimum atomic E-state index is 0.145. The molecule has 0 amide bonds. The van der Waals surface area contributed by atoms with Crippen molar-refractivity contribution in [3.63, 3.8) is 0 Å². The number of aromatic nitrogens is 1. The molecule has 0 aliphatic heterocycles. The van der Waals surface area contributed by atoms with E-state index >= 15 is 0 Å². The van der Waals surface area contributed by atoms with Gasteiger partial charge in [-0.3, -0.25) is 0 Å². The molecule has 12 heavy (non-hydrogen) atoms. The standard InChI is InChI=1S/C8H5Cl2NO/c9-4-1-5(10)8-6(2-4)11-3-7(8)12/h1-3,11-12H. The first-order chi connectivity index (χ1) is 5.68. The minimum absolute atomic E-state index is 0.145. The van der Waals surface area contributed by atoms with Crippen LogP contribution in [0.5, 0.6) is 5.75 Å². The summed E-state index contributed by atoms with van der Waals surface area (Å²) >= 11 is 11.6. The lowest BCUT2D eigenvalue weighted by Crippen LogP contribution is -1.70. The van der Waals surface area contributed by atoms with Gasteiger partial charge in [-0.2, -0.15) is 0 Å². The van der Waals surface area contributed by atoms with Crippen LogP contribution in [0.25, 0.3) is 10.9 Å². The Kier molecular flexibility index (Phi) is 1.67. The lowest BCUT2D eigenvalue weighted by Gasteiger charge is -1.95. The van der Waals surface area contributed by atoms with Crippen LogP contribution < -0.4 is 0 Å². The summed E-state index contributed by atoms with van der Waals surface area (Å²) in [5.74, 6) is 0.145. The highest BCUT2D eigenvalue weighted by Gasteiger charge is 2.06. The molecule has 4 heteroatoms. The molecule has 2 rings (SSSR count). The smallest absolute Gasteiger partial charge is 0.142 e. The molecule has 0 radical (unpaired) electrons. The highest BCUT2D eigenvalue weighted by Crippen LogP contribution is 2.33. The zero-order chi connectivity index (χ0) is 8.72. The van der Waals surface area contributed by atoms with Crippen molar-refractivity contribution in [1.82, 2.24) is 4.98 Å². The average Bonchev–Trinajstić information content (AvgIpc) is 2.31. The lowest BCUT2D eigenvalue weighted by atomic mass is 10.2. The average molecular weight is 202 g/mol. The first-order valence-electron chi connectivity index (χ1n) is 3.33. The normalized spacial score (nSPS) is 10.8. The van der Waals surface area contributed by atoms with Gasteiger partial charge in [-0.05, 0) is 12.1 Å². The number of nitrogens with one attached hydrogen (secondary N) is 1. The third-order valence-electron chi connectivity index (χ3n) is 1.68. The van der Waals surface area contributed by atoms with Gasteiger partial charge in [-0.1, -0.05) is 23.2 Å². The van der Waals surface area contributed by atoms with E-state index in [1.807, 2.05) is 0 Å². The summed E-state index contributed by atoms with van der Waals surface area (Å²) in [6.07, 6.45) is 1.48. The summed E-state index contributed by atoms with van der Waals surface area (Å²) in [5.41, 5.74) is 0.741. The van der Waals surface area contributed by atoms with Crippen LogP contribution in [0.4, 0.5) is 0 Å². The Hall–Kier alpha value is -0.860. The quantitative estimate of drug-likeness (QED) is 0.676. The van der Waals surface area contributed by atoms with Crippen molar-refractivity contribution >= 4 is 34.1 Å². The molecule has 2 N–H and O–H groups in total. The Morgan fingerprint density at radius 3 is 2.75 bits per heavy atom. The fourth-order valence-corrected chi connectivity index (χ4v) is 1.76. The zero-order valence-electron chi connectivity index (χ0n) is 5.94. The fraction of sp³-hybridized carbons (Fsp3) is 0. The van der Waals surface area contributed by atoms with Crippen LogP contribution in [0.15, 0.2) is 18.3 Å². The first-order valence-corrected chi connectivity index (χ1v) is 4.09. The van der Waals surface area contributed by atoms with E-state index in [2.05, 4.69) is 4.98 Å². The predicted octanol–water partition coefficient (Wildman–Crippen LogP) is 3.18. The molecule has 62 valence electrons. The van der Waals surface area contributed by atoms with Gasteiger partial charge in [0.15, 0.2) is 0 Å². The van der Waals surface area contributed by atoms with Crippen LogP contribution in [-0.2, 0) is 0 Å². The van der Waals surface area contributed by atoms with Crippen LogP contribution in [0, 0.1) is 0 Å². The number of fused-ring (bicyclic) bond motifs is 1. The Morgan fingerprint density at radius 1 is 1.25 bits per heavy atom. The topological polar surface area (TPSA) is 36.0 Å². The van der Waals surface area contributed by atoms with Crippen LogP contribution in [-0.4, -0.2) is 10.1 Å². The van der Waals surface area contributed by atoms with Gasteiger partial charge in [0.25, 0.3) is 0 Å². The van der Waals surface area contributed by atoms with Crippen molar-refractivity contribution in [1.29, 1.82) is 0 Å². The summed E-state index contributed by atoms with van der Waals surface area (Å²) in [6.45, 7) is 0. The van der Waals surface area contributed by atoms with Gasteiger partial charge in [-0.15, -0.1) is 0 Å². The van der Waals surface area contributed by atoms with E-state index in [4.69, 9.17) is 23.2 Å². The monoisotopic (exact) mass is 201 g/mol. The molecule has 0 fully saturated rings. The third-order valence-corrected chi connectivity index (χ3v) is 2.19. The molecule has 0 aliphatic carbocycles. The van der Waals surface area contributed by atoms with Crippen molar-refractivity contribution in [2.45, 2.75) is 0 Å². The van der Waals surface area contributed by atoms with Gasteiger partial charge in [0, 0.05) is 11.2 Å². The molecule has 0 aliphatic rings. The lowest BCUT2D eigenvalue weighted by molar-refractivity contribution is 0.481. The van der Waals surface area contributed by atoms with Crippen molar-refractivity contribution in [2.75, 3.05) is 0 Å². The highest BCUT2D eigenvalue weighted by atomic mass is 35.5. The van der Waals surface area contributed by atoms with Gasteiger partial charge in [0.2, 0.25) is 0 Å². The summed E-state index contributed by atoms with van der Waals surface area (Å²) in [4.78, 5) is 2.85. The number of H-pyrrole nitrogens is 1. The van der Waals surface area contributed by atoms with E-state index in [9.17, 15) is 5.11 Å². The summed E-state index contributed by atoms with van der Waals surface area (Å²) < 4.78 is 0. The molecule has 1 heterocycles. The van der Waals surface area contributed by atoms with Gasteiger partial charge >= 0.3 is 0 Å². The SMILES string of the molecule is Oc1c[nH]c2cc(Cl)cc(Cl)c12. The van der Waals surface area contributed by atoms with E-state index in [0.29, 0.717) is 15.4 Å². The molecule has 2 aromatic rings. The van der Waals surface area contributed by atoms with Crippen molar-refractivity contribution in [3.8, 4) is 5.75 Å². The van der Waals surface area contributed by atoms with Gasteiger partial charge < -0.3 is 10.1 Å². The van der Waals surface area contributed by atoms with Crippen LogP contribution in [0.2, 0.25) is 10.0 Å². The molecule has 0 bridgehead atoms. The first kappa shape index (κ1) is 7.77. The number of aromatic amines is 1. The maximum absolute atomic E-state index is 9.32. The molecular formula is C8H5Cl2NO. The maximum atomic E-state index is 9.32. The zero-order valence-corrected chi connectivity index (χ0v) is 7.45. The van der Waals surface area contributed by atoms with E-state index < -0.39 is 0 Å². The number of hydrogen-bond donors (Lipinski definition) is 2. The second kappa shape index (κ2) is 2.57. The van der Waals surface area contributed by atoms with Crippen molar-refractivity contribution in [2.24, 2.45) is 0 Å². The summed E-state index contributed by atoms with van der Waals surface area (Å²) in [6, 6.07) is 3.31. The number of halogens is 2. The molecular weight excluding hydrogens is 197 g/mol. The second-order valence-corrected chi connectivity index (χ2v) is 3.33. The van der Waals surface area contributed by atoms with E-state index in [-0.39, 0.29) is 5.75 Å². The molecule has 0 saturated carbocycles. The molecule has 1 aromatic carbocycles. The van der Waals surface area contributed by atoms with Crippen molar-refractivity contribution in [3.05, 3.63) is 28.4 Å². The molecule has 0 spiro atoms. The van der Waals surface area contributed by atoms with Gasteiger partial charge in [0.1, 0.15) is 5.75 Å². The Labute approximate surface area is 78.7 Å². The molecule has 0 unspecified atom stereocenters. The number of benzene rings is 1. The molecule has 2 nitrogen and oxygen atoms in total. The Bertz CT molecular complexity index is 436. The second-order valence-electron chi connectivity index (χ2n) is 2.48. The predicted molar refractivity (Wildman–Crippen MR) is 50.0 cm³/mol. The minimum Gasteiger partial charge on any atom is -0.506 e. The number of rotatable bonds is 0. The largest absolute Gasteiger partial charge is 0.506 e. The van der Waals surface area contributed by atoms with Gasteiger partial charge in [0.05, 0.1) is 15.9 Å². The van der Waals surface area contributed by atoms with Gasteiger partial charge in [-0.25, -0.2) is 0 Å². The van der Waals surface area contributed by atoms with E-state index in [0.717, 1.165) is 5.52 Å². The fourth-order valence-electron chi connectivity index (χ4n) is 1.17. The van der Waals surface area contributed by atoms with Crippen molar-refractivity contribution < 1.29 is 5.11 Å². The molecule has 1 aromatic heterocycles. The summed E-state index contributed by atoms with van der Waals surface area (Å²) in [7, 11) is 0. The number of aromatic hydroxyl groups is 1. The highest BCUT2D eigenvalue weighted by molar-refractivity contribution is 6.39. The van der Waals surface area contributed by atoms with Crippen LogP contribution in [0.3, 0.4) is 0 Å². The van der Waals surface area contributed by atoms with Crippen LogP contribution >= 0.6 is 23.2 Å². The third kappa shape index (κ3) is 1.04. The van der Waals surface area contributed by atoms with E-state index in [1.54, 1.807) is 12.1 Å². The molecule has 0 atom stereocenters. The maximum Gasteiger partial charge on any atom is 0.142 e. The number of hydrogen-bond acceptors (Lipinski definition) is 1. The molecule has 0 saturated heterocycles. The Morgan fingerprint density at radius 2 is 2.00 bits per heavy atom.